The zero-order valence-electron chi connectivity index (χ0n) is 45.9. The lowest BCUT2D eigenvalue weighted by atomic mass is 9.95. The van der Waals surface area contributed by atoms with Crippen LogP contribution in [0, 0.1) is 0 Å². The van der Waals surface area contributed by atoms with Crippen molar-refractivity contribution in [3.05, 3.63) is 194 Å². The largest absolute Gasteiger partial charge is 0.456 e. The third-order valence-corrected chi connectivity index (χ3v) is 10.3. The fourth-order valence-corrected chi connectivity index (χ4v) is 7.69. The SMILES string of the molecule is [2H]c1c([2H])c([2H])c2c(-n3c4c([2H])c([2H])c([2H])c([2H])c4c4c([2H])c([2H])c5c([2H])c([2H])c([2H])c([2H])c5c43)c([2H])c([2H])c(-c3ccc4c(c3)oc3cccc(-c5nc(-c6ccccc6)nc(-c6ccccc6)n5)c34)c2c1[2H]. The topological polar surface area (TPSA) is 56.7 Å². The summed E-state index contributed by atoms with van der Waals surface area (Å²) in [7, 11) is 0. The molecule has 0 amide bonds. The van der Waals surface area contributed by atoms with Crippen LogP contribution in [0.2, 0.25) is 0 Å². The Morgan fingerprint density at radius 1 is 0.431 bits per heavy atom. The van der Waals surface area contributed by atoms with Crippen LogP contribution in [-0.4, -0.2) is 19.5 Å². The van der Waals surface area contributed by atoms with Gasteiger partial charge in [-0.05, 0) is 52.2 Å². The minimum atomic E-state index is -0.762. The average Bonchev–Trinajstić information content (AvgIpc) is 3.98. The Labute approximate surface area is 355 Å². The van der Waals surface area contributed by atoms with Crippen LogP contribution in [0.5, 0.6) is 0 Å². The highest BCUT2D eigenvalue weighted by atomic mass is 16.3. The lowest BCUT2D eigenvalue weighted by Gasteiger charge is -2.15. The van der Waals surface area contributed by atoms with Crippen molar-refractivity contribution in [3.8, 4) is 51.0 Å². The number of hydrogen-bond donors (Lipinski definition) is 0. The van der Waals surface area contributed by atoms with Gasteiger partial charge in [-0.25, -0.2) is 15.0 Å². The van der Waals surface area contributed by atoms with E-state index in [1.165, 1.54) is 0 Å². The van der Waals surface area contributed by atoms with E-state index in [-0.39, 0.29) is 43.6 Å². The Hall–Kier alpha value is -7.89. The molecule has 12 aromatic rings. The molecule has 58 heavy (non-hydrogen) atoms. The molecule has 3 heterocycles. The van der Waals surface area contributed by atoms with Crippen molar-refractivity contribution in [1.29, 1.82) is 0 Å². The summed E-state index contributed by atoms with van der Waals surface area (Å²) < 4.78 is 153. The van der Waals surface area contributed by atoms with E-state index in [4.69, 9.17) is 33.1 Å². The predicted molar refractivity (Wildman–Crippen MR) is 238 cm³/mol. The van der Waals surface area contributed by atoms with E-state index < -0.39 is 113 Å². The maximum atomic E-state index is 9.88. The summed E-state index contributed by atoms with van der Waals surface area (Å²) in [6.45, 7) is 0. The smallest absolute Gasteiger partial charge is 0.164 e. The molecule has 0 fully saturated rings. The molecule has 0 aliphatic heterocycles. The Bertz CT molecular complexity index is 4450. The normalized spacial score (nSPS) is 15.7. The highest BCUT2D eigenvalue weighted by molar-refractivity contribution is 6.20. The molecule has 0 N–H and O–H groups in total. The van der Waals surface area contributed by atoms with Crippen molar-refractivity contribution in [3.63, 3.8) is 0 Å². The zero-order chi connectivity index (χ0) is 52.1. The molecule has 0 bridgehead atoms. The van der Waals surface area contributed by atoms with Crippen LogP contribution in [0.3, 0.4) is 0 Å². The summed E-state index contributed by atoms with van der Waals surface area (Å²) >= 11 is 0. The average molecular weight is 757 g/mol. The summed E-state index contributed by atoms with van der Waals surface area (Å²) in [6, 6.07) is 18.2. The molecular formula is C53H32N4O. The first-order valence-electron chi connectivity index (χ1n) is 26.2. The van der Waals surface area contributed by atoms with Crippen LogP contribution in [0.25, 0.3) is 116 Å². The van der Waals surface area contributed by atoms with Crippen molar-refractivity contribution in [1.82, 2.24) is 19.5 Å². The second-order valence-electron chi connectivity index (χ2n) is 13.5. The summed E-state index contributed by atoms with van der Waals surface area (Å²) in [5.41, 5.74) is 1.70. The van der Waals surface area contributed by atoms with Crippen LogP contribution in [-0.2, 0) is 0 Å². The van der Waals surface area contributed by atoms with Crippen molar-refractivity contribution in [2.45, 2.75) is 0 Å². The molecule has 0 saturated heterocycles. The summed E-state index contributed by atoms with van der Waals surface area (Å²) in [6.07, 6.45) is 0. The number of fused-ring (bicyclic) bond motifs is 9. The monoisotopic (exact) mass is 756 g/mol. The lowest BCUT2D eigenvalue weighted by molar-refractivity contribution is 0.669. The minimum Gasteiger partial charge on any atom is -0.456 e. The van der Waals surface area contributed by atoms with Crippen LogP contribution >= 0.6 is 0 Å². The molecule has 0 atom stereocenters. The third-order valence-electron chi connectivity index (χ3n) is 10.3. The molecule has 5 heteroatoms. The maximum Gasteiger partial charge on any atom is 0.164 e. The van der Waals surface area contributed by atoms with Crippen LogP contribution in [0.1, 0.15) is 21.9 Å². The van der Waals surface area contributed by atoms with Crippen molar-refractivity contribution in [2.24, 2.45) is 0 Å². The quantitative estimate of drug-likeness (QED) is 0.175. The van der Waals surface area contributed by atoms with Crippen LogP contribution < -0.4 is 0 Å². The molecule has 9 aromatic carbocycles. The third kappa shape index (κ3) is 5.00. The molecule has 0 radical (unpaired) electrons. The molecule has 0 saturated carbocycles. The minimum absolute atomic E-state index is 0.120. The Kier molecular flexibility index (Phi) is 4.50. The lowest BCUT2D eigenvalue weighted by Crippen LogP contribution is -2.00. The van der Waals surface area contributed by atoms with Gasteiger partial charge < -0.3 is 8.98 Å². The molecule has 0 unspecified atom stereocenters. The highest BCUT2D eigenvalue weighted by Gasteiger charge is 2.20. The van der Waals surface area contributed by atoms with E-state index in [9.17, 15) is 8.22 Å². The van der Waals surface area contributed by atoms with Gasteiger partial charge in [0.05, 0.1) is 38.7 Å². The molecule has 0 spiro atoms. The van der Waals surface area contributed by atoms with E-state index in [2.05, 4.69) is 0 Å². The molecule has 12 rings (SSSR count). The van der Waals surface area contributed by atoms with E-state index >= 15 is 0 Å². The summed E-state index contributed by atoms with van der Waals surface area (Å²) in [4.78, 5) is 14.7. The second-order valence-corrected chi connectivity index (χ2v) is 13.5. The molecule has 0 aliphatic rings. The first-order valence-corrected chi connectivity index (χ1v) is 18.2. The second kappa shape index (κ2) is 12.8. The Morgan fingerprint density at radius 3 is 1.88 bits per heavy atom. The Morgan fingerprint density at radius 2 is 1.10 bits per heavy atom. The van der Waals surface area contributed by atoms with Gasteiger partial charge in [0.1, 0.15) is 11.2 Å². The van der Waals surface area contributed by atoms with E-state index in [0.717, 1.165) is 15.7 Å². The molecule has 0 aliphatic carbocycles. The highest BCUT2D eigenvalue weighted by Crippen LogP contribution is 2.42. The summed E-state index contributed by atoms with van der Waals surface area (Å²) in [5.74, 6) is 1.24. The predicted octanol–water partition coefficient (Wildman–Crippen LogP) is 13.8. The summed E-state index contributed by atoms with van der Waals surface area (Å²) in [5, 5.41) is -0.903. The van der Waals surface area contributed by atoms with Crippen molar-refractivity contribution >= 4 is 65.3 Å². The van der Waals surface area contributed by atoms with Gasteiger partial charge in [0, 0.05) is 49.0 Å². The van der Waals surface area contributed by atoms with Crippen molar-refractivity contribution < 1.29 is 26.3 Å². The van der Waals surface area contributed by atoms with Gasteiger partial charge in [-0.15, -0.1) is 0 Å². The van der Waals surface area contributed by atoms with Crippen LogP contribution in [0.15, 0.2) is 198 Å². The van der Waals surface area contributed by atoms with Crippen molar-refractivity contribution in [2.75, 3.05) is 0 Å². The van der Waals surface area contributed by atoms with E-state index in [0.29, 0.717) is 45.0 Å². The standard InChI is InChI=1S/C53H32N4O/c1-3-15-34(16-4-1)51-54-52(35-17-5-2-6-18-35)56-53(55-51)44-23-13-25-47-49(44)43-29-27-36(32-48(43)58-47)37-30-31-46(40-21-10-9-20-39(37)40)57-45-24-12-11-22-41(45)42-28-26-33-14-7-8-19-38(33)50(42)57/h1-32H/i7D,8D,9D,10D,11D,12D,14D,19D,20D,21D,22D,24D,26D,28D,30D,31D. The Balaban J connectivity index is 1.17. The number of nitrogens with zero attached hydrogens (tertiary/aromatic N) is 4. The fourth-order valence-electron chi connectivity index (χ4n) is 7.69. The molecular weight excluding hydrogens is 709 g/mol. The van der Waals surface area contributed by atoms with Gasteiger partial charge in [0.25, 0.3) is 0 Å². The molecule has 3 aromatic heterocycles. The zero-order valence-corrected chi connectivity index (χ0v) is 29.9. The van der Waals surface area contributed by atoms with Gasteiger partial charge in [0.2, 0.25) is 0 Å². The number of furan rings is 1. The first kappa shape index (κ1) is 20.3. The number of aromatic nitrogens is 4. The van der Waals surface area contributed by atoms with Gasteiger partial charge >= 0.3 is 0 Å². The van der Waals surface area contributed by atoms with Gasteiger partial charge in [-0.3, -0.25) is 0 Å². The maximum absolute atomic E-state index is 9.88. The fraction of sp³-hybridized carbons (Fsp3) is 0. The van der Waals surface area contributed by atoms with Gasteiger partial charge in [0.15, 0.2) is 17.5 Å². The molecule has 270 valence electrons. The van der Waals surface area contributed by atoms with E-state index in [1.54, 1.807) is 30.3 Å². The number of para-hydroxylation sites is 1. The number of hydrogen-bond acceptors (Lipinski definition) is 4. The molecule has 5 nitrogen and oxygen atoms in total. The van der Waals surface area contributed by atoms with Gasteiger partial charge in [-0.1, -0.05) is 163 Å². The number of benzene rings is 9. The van der Waals surface area contributed by atoms with E-state index in [1.807, 2.05) is 66.7 Å². The van der Waals surface area contributed by atoms with Crippen LogP contribution in [0.4, 0.5) is 0 Å². The first-order chi connectivity index (χ1) is 35.4. The number of rotatable bonds is 5. The van der Waals surface area contributed by atoms with Gasteiger partial charge in [-0.2, -0.15) is 0 Å².